The van der Waals surface area contributed by atoms with Gasteiger partial charge in [-0.25, -0.2) is 12.8 Å². The van der Waals surface area contributed by atoms with E-state index in [9.17, 15) is 17.6 Å². The van der Waals surface area contributed by atoms with Crippen LogP contribution in [-0.2, 0) is 21.1 Å². The predicted molar refractivity (Wildman–Crippen MR) is 77.0 cm³/mol. The van der Waals surface area contributed by atoms with Crippen LogP contribution in [0.4, 0.5) is 4.39 Å². The molecule has 0 aromatic heterocycles. The fraction of sp³-hybridized carbons (Fsp3) is 0.533. The van der Waals surface area contributed by atoms with E-state index >= 15 is 0 Å². The van der Waals surface area contributed by atoms with Gasteiger partial charge in [-0.05, 0) is 37.0 Å². The van der Waals surface area contributed by atoms with Gasteiger partial charge in [0.15, 0.2) is 9.84 Å². The first-order valence-corrected chi connectivity index (χ1v) is 9.03. The molecular weight excluding hydrogens is 293 g/mol. The van der Waals surface area contributed by atoms with Gasteiger partial charge in [-0.1, -0.05) is 12.1 Å². The molecule has 1 saturated heterocycles. The zero-order valence-corrected chi connectivity index (χ0v) is 12.5. The Morgan fingerprint density at radius 3 is 2.57 bits per heavy atom. The number of hydrogen-bond donors (Lipinski definition) is 0. The lowest BCUT2D eigenvalue weighted by molar-refractivity contribution is -0.133. The third-order valence-corrected chi connectivity index (χ3v) is 5.82. The van der Waals surface area contributed by atoms with Crippen LogP contribution in [0.15, 0.2) is 24.3 Å². The molecule has 1 aromatic rings. The Kier molecular flexibility index (Phi) is 3.73. The molecule has 1 aromatic carbocycles. The average Bonchev–Trinajstić information content (AvgIpc) is 3.14. The number of hydrogen-bond acceptors (Lipinski definition) is 3. The lowest BCUT2D eigenvalue weighted by Crippen LogP contribution is -2.43. The van der Waals surface area contributed by atoms with E-state index in [4.69, 9.17) is 0 Å². The molecule has 1 saturated carbocycles. The lowest BCUT2D eigenvalue weighted by Gasteiger charge is -2.28. The van der Waals surface area contributed by atoms with Crippen LogP contribution >= 0.6 is 0 Å². The summed E-state index contributed by atoms with van der Waals surface area (Å²) >= 11 is 0. The summed E-state index contributed by atoms with van der Waals surface area (Å²) in [7, 11) is -3.01. The monoisotopic (exact) mass is 311 g/mol. The molecule has 1 aliphatic heterocycles. The number of rotatable bonds is 4. The molecule has 114 valence electrons. The SMILES string of the molecule is O=C(Cc1cccc(F)c1)N(C1CC1)C1CCS(=O)(=O)C1. The molecule has 4 nitrogen and oxygen atoms in total. The van der Waals surface area contributed by atoms with E-state index in [0.717, 1.165) is 12.8 Å². The maximum Gasteiger partial charge on any atom is 0.227 e. The van der Waals surface area contributed by atoms with Crippen LogP contribution in [0.25, 0.3) is 0 Å². The van der Waals surface area contributed by atoms with Gasteiger partial charge in [-0.2, -0.15) is 0 Å². The Balaban J connectivity index is 1.74. The minimum absolute atomic E-state index is 0.0678. The third kappa shape index (κ3) is 3.43. The fourth-order valence-corrected chi connectivity index (χ4v) is 4.68. The van der Waals surface area contributed by atoms with Gasteiger partial charge in [-0.15, -0.1) is 0 Å². The molecule has 0 spiro atoms. The first-order valence-electron chi connectivity index (χ1n) is 7.21. The molecule has 21 heavy (non-hydrogen) atoms. The van der Waals surface area contributed by atoms with Gasteiger partial charge >= 0.3 is 0 Å². The summed E-state index contributed by atoms with van der Waals surface area (Å²) in [6, 6.07) is 5.97. The van der Waals surface area contributed by atoms with Crippen molar-refractivity contribution in [3.05, 3.63) is 35.6 Å². The smallest absolute Gasteiger partial charge is 0.227 e. The second kappa shape index (κ2) is 5.40. The summed E-state index contributed by atoms with van der Waals surface area (Å²) in [6.45, 7) is 0. The third-order valence-electron chi connectivity index (χ3n) is 4.07. The highest BCUT2D eigenvalue weighted by molar-refractivity contribution is 7.91. The second-order valence-electron chi connectivity index (χ2n) is 5.90. The molecule has 2 fully saturated rings. The largest absolute Gasteiger partial charge is 0.335 e. The standard InChI is InChI=1S/C15H18FNO3S/c16-12-3-1-2-11(8-12)9-15(18)17(13-4-5-13)14-6-7-21(19,20)10-14/h1-3,8,13-14H,4-7,9-10H2. The molecule has 1 amide bonds. The van der Waals surface area contributed by atoms with Gasteiger partial charge in [0.25, 0.3) is 0 Å². The number of carbonyl (C=O) groups excluding carboxylic acids is 1. The van der Waals surface area contributed by atoms with Crippen LogP contribution in [0, 0.1) is 5.82 Å². The fourth-order valence-electron chi connectivity index (χ4n) is 2.97. The van der Waals surface area contributed by atoms with Gasteiger partial charge in [0, 0.05) is 12.1 Å². The van der Waals surface area contributed by atoms with E-state index < -0.39 is 9.84 Å². The van der Waals surface area contributed by atoms with Gasteiger partial charge in [0.05, 0.1) is 17.9 Å². The van der Waals surface area contributed by atoms with Crippen molar-refractivity contribution < 1.29 is 17.6 Å². The van der Waals surface area contributed by atoms with Crippen LogP contribution in [0.1, 0.15) is 24.8 Å². The van der Waals surface area contributed by atoms with Crippen LogP contribution in [-0.4, -0.2) is 42.8 Å². The van der Waals surface area contributed by atoms with Crippen molar-refractivity contribution in [1.29, 1.82) is 0 Å². The molecule has 1 aliphatic carbocycles. The summed E-state index contributed by atoms with van der Waals surface area (Å²) in [6.07, 6.45) is 2.52. The second-order valence-corrected chi connectivity index (χ2v) is 8.12. The number of sulfone groups is 1. The van der Waals surface area contributed by atoms with Crippen molar-refractivity contribution in [2.24, 2.45) is 0 Å². The Morgan fingerprint density at radius 2 is 2.00 bits per heavy atom. The molecule has 0 bridgehead atoms. The van der Waals surface area contributed by atoms with Crippen molar-refractivity contribution >= 4 is 15.7 Å². The van der Waals surface area contributed by atoms with E-state index in [-0.39, 0.29) is 41.7 Å². The molecule has 1 heterocycles. The van der Waals surface area contributed by atoms with E-state index in [0.29, 0.717) is 12.0 Å². The minimum atomic E-state index is -3.01. The average molecular weight is 311 g/mol. The van der Waals surface area contributed by atoms with Crippen LogP contribution in [0.2, 0.25) is 0 Å². The molecule has 6 heteroatoms. The van der Waals surface area contributed by atoms with Crippen molar-refractivity contribution in [2.75, 3.05) is 11.5 Å². The number of amides is 1. The Morgan fingerprint density at radius 1 is 1.24 bits per heavy atom. The van der Waals surface area contributed by atoms with Gasteiger partial charge in [0.1, 0.15) is 5.82 Å². The summed E-state index contributed by atoms with van der Waals surface area (Å²) < 4.78 is 36.4. The van der Waals surface area contributed by atoms with Crippen molar-refractivity contribution in [1.82, 2.24) is 4.90 Å². The Bertz CT molecular complexity index is 655. The summed E-state index contributed by atoms with van der Waals surface area (Å²) in [5, 5.41) is 0. The highest BCUT2D eigenvalue weighted by atomic mass is 32.2. The first-order chi connectivity index (χ1) is 9.94. The first kappa shape index (κ1) is 14.5. The normalized spacial score (nSPS) is 24.0. The molecular formula is C15H18FNO3S. The molecule has 3 rings (SSSR count). The maximum atomic E-state index is 13.2. The summed E-state index contributed by atoms with van der Waals surface area (Å²) in [5.41, 5.74) is 0.631. The van der Waals surface area contributed by atoms with E-state index in [1.54, 1.807) is 17.0 Å². The van der Waals surface area contributed by atoms with Crippen LogP contribution in [0.3, 0.4) is 0 Å². The van der Waals surface area contributed by atoms with E-state index in [1.807, 2.05) is 0 Å². The zero-order valence-electron chi connectivity index (χ0n) is 11.7. The zero-order chi connectivity index (χ0) is 15.0. The number of nitrogens with zero attached hydrogens (tertiary/aromatic N) is 1. The molecule has 2 aliphatic rings. The number of carbonyl (C=O) groups is 1. The van der Waals surface area contributed by atoms with Gasteiger partial charge < -0.3 is 4.90 Å². The van der Waals surface area contributed by atoms with Gasteiger partial charge in [0.2, 0.25) is 5.91 Å². The number of benzene rings is 1. The minimum Gasteiger partial charge on any atom is -0.335 e. The molecule has 0 radical (unpaired) electrons. The summed E-state index contributed by atoms with van der Waals surface area (Å²) in [4.78, 5) is 14.3. The molecule has 1 atom stereocenters. The number of halogens is 1. The molecule has 1 unspecified atom stereocenters. The van der Waals surface area contributed by atoms with Crippen molar-refractivity contribution in [2.45, 2.75) is 37.8 Å². The quantitative estimate of drug-likeness (QED) is 0.848. The molecule has 0 N–H and O–H groups in total. The van der Waals surface area contributed by atoms with Crippen molar-refractivity contribution in [3.8, 4) is 0 Å². The van der Waals surface area contributed by atoms with E-state index in [1.165, 1.54) is 12.1 Å². The topological polar surface area (TPSA) is 54.5 Å². The van der Waals surface area contributed by atoms with Crippen LogP contribution < -0.4 is 0 Å². The lowest BCUT2D eigenvalue weighted by atomic mass is 10.1. The highest BCUT2D eigenvalue weighted by Gasteiger charge is 2.41. The highest BCUT2D eigenvalue weighted by Crippen LogP contribution is 2.32. The predicted octanol–water partition coefficient (Wildman–Crippen LogP) is 1.55. The van der Waals surface area contributed by atoms with E-state index in [2.05, 4.69) is 0 Å². The maximum absolute atomic E-state index is 13.2. The Labute approximate surface area is 123 Å². The van der Waals surface area contributed by atoms with Crippen LogP contribution in [0.5, 0.6) is 0 Å². The van der Waals surface area contributed by atoms with Gasteiger partial charge in [-0.3, -0.25) is 4.79 Å². The Hall–Kier alpha value is -1.43. The van der Waals surface area contributed by atoms with Crippen molar-refractivity contribution in [3.63, 3.8) is 0 Å². The summed E-state index contributed by atoms with van der Waals surface area (Å²) in [5.74, 6) is -0.223.